The Labute approximate surface area is 113 Å². The highest BCUT2D eigenvalue weighted by Crippen LogP contribution is 2.17. The van der Waals surface area contributed by atoms with Gasteiger partial charge in [0, 0.05) is 19.0 Å². The van der Waals surface area contributed by atoms with Crippen molar-refractivity contribution in [2.75, 3.05) is 27.2 Å². The molecule has 0 saturated carbocycles. The minimum absolute atomic E-state index is 0.00309. The number of rotatable bonds is 7. The van der Waals surface area contributed by atoms with Gasteiger partial charge in [0.2, 0.25) is 5.91 Å². The minimum atomic E-state index is -0.380. The Morgan fingerprint density at radius 3 is 2.79 bits per heavy atom. The minimum Gasteiger partial charge on any atom is -0.494 e. The van der Waals surface area contributed by atoms with Crippen LogP contribution in [0.25, 0.3) is 0 Å². The molecule has 0 fully saturated rings. The summed E-state index contributed by atoms with van der Waals surface area (Å²) in [7, 11) is 3.24. The number of benzene rings is 1. The van der Waals surface area contributed by atoms with Crippen LogP contribution < -0.4 is 15.4 Å². The van der Waals surface area contributed by atoms with E-state index in [0.717, 1.165) is 5.56 Å². The van der Waals surface area contributed by atoms with Crippen molar-refractivity contribution in [3.8, 4) is 5.75 Å². The number of carbonyl (C=O) groups is 1. The first kappa shape index (κ1) is 15.4. The molecule has 4 nitrogen and oxygen atoms in total. The zero-order valence-corrected chi connectivity index (χ0v) is 11.6. The van der Waals surface area contributed by atoms with E-state index in [2.05, 4.69) is 10.6 Å². The summed E-state index contributed by atoms with van der Waals surface area (Å²) in [5.74, 6) is -0.216. The van der Waals surface area contributed by atoms with Gasteiger partial charge in [-0.05, 0) is 31.2 Å². The normalized spacial score (nSPS) is 12.0. The van der Waals surface area contributed by atoms with Crippen molar-refractivity contribution in [1.29, 1.82) is 0 Å². The van der Waals surface area contributed by atoms with Crippen LogP contribution in [-0.2, 0) is 11.2 Å². The highest BCUT2D eigenvalue weighted by Gasteiger charge is 2.11. The summed E-state index contributed by atoms with van der Waals surface area (Å²) in [5.41, 5.74) is 0.833. The topological polar surface area (TPSA) is 50.4 Å². The highest BCUT2D eigenvalue weighted by atomic mass is 19.1. The number of carbonyl (C=O) groups excluding carboxylic acids is 1. The predicted octanol–water partition coefficient (Wildman–Crippen LogP) is 1.35. The molecule has 2 N–H and O–H groups in total. The van der Waals surface area contributed by atoms with Gasteiger partial charge in [0.15, 0.2) is 11.6 Å². The summed E-state index contributed by atoms with van der Waals surface area (Å²) >= 11 is 0. The van der Waals surface area contributed by atoms with E-state index in [9.17, 15) is 9.18 Å². The highest BCUT2D eigenvalue weighted by molar-refractivity contribution is 5.78. The van der Waals surface area contributed by atoms with Gasteiger partial charge in [-0.3, -0.25) is 4.79 Å². The molecular weight excluding hydrogens is 247 g/mol. The molecule has 1 amide bonds. The summed E-state index contributed by atoms with van der Waals surface area (Å²) in [6, 6.07) is 4.82. The molecule has 0 spiro atoms. The Kier molecular flexibility index (Phi) is 6.29. The molecule has 0 aliphatic heterocycles. The second kappa shape index (κ2) is 7.74. The summed E-state index contributed by atoms with van der Waals surface area (Å²) in [4.78, 5) is 11.6. The Bertz CT molecular complexity index is 424. The molecule has 1 unspecified atom stereocenters. The Morgan fingerprint density at radius 2 is 2.21 bits per heavy atom. The lowest BCUT2D eigenvalue weighted by molar-refractivity contribution is -0.124. The fourth-order valence-electron chi connectivity index (χ4n) is 1.77. The lowest BCUT2D eigenvalue weighted by Gasteiger charge is -2.11. The van der Waals surface area contributed by atoms with Gasteiger partial charge in [-0.25, -0.2) is 4.39 Å². The smallest absolute Gasteiger partial charge is 0.224 e. The van der Waals surface area contributed by atoms with Crippen molar-refractivity contribution in [3.05, 3.63) is 29.6 Å². The first-order valence-corrected chi connectivity index (χ1v) is 6.33. The molecule has 5 heteroatoms. The van der Waals surface area contributed by atoms with Gasteiger partial charge in [-0.1, -0.05) is 13.0 Å². The van der Waals surface area contributed by atoms with Crippen molar-refractivity contribution in [3.63, 3.8) is 0 Å². The van der Waals surface area contributed by atoms with Crippen molar-refractivity contribution < 1.29 is 13.9 Å². The van der Waals surface area contributed by atoms with Crippen LogP contribution in [0.1, 0.15) is 12.5 Å². The van der Waals surface area contributed by atoms with Crippen LogP contribution >= 0.6 is 0 Å². The van der Waals surface area contributed by atoms with E-state index in [0.29, 0.717) is 19.5 Å². The largest absolute Gasteiger partial charge is 0.494 e. The molecule has 0 radical (unpaired) electrons. The van der Waals surface area contributed by atoms with Gasteiger partial charge >= 0.3 is 0 Å². The van der Waals surface area contributed by atoms with Crippen molar-refractivity contribution >= 4 is 5.91 Å². The van der Waals surface area contributed by atoms with Gasteiger partial charge in [0.05, 0.1) is 7.11 Å². The predicted molar refractivity (Wildman–Crippen MR) is 72.8 cm³/mol. The van der Waals surface area contributed by atoms with Crippen LogP contribution in [0.5, 0.6) is 5.75 Å². The van der Waals surface area contributed by atoms with E-state index in [1.54, 1.807) is 12.1 Å². The average molecular weight is 268 g/mol. The van der Waals surface area contributed by atoms with Crippen LogP contribution in [0.2, 0.25) is 0 Å². The number of hydrogen-bond donors (Lipinski definition) is 2. The molecule has 0 saturated heterocycles. The summed E-state index contributed by atoms with van der Waals surface area (Å²) in [6.07, 6.45) is 0.596. The molecule has 1 atom stereocenters. The fourth-order valence-corrected chi connectivity index (χ4v) is 1.77. The second-order valence-electron chi connectivity index (χ2n) is 4.47. The third-order valence-electron chi connectivity index (χ3n) is 2.89. The fraction of sp³-hybridized carbons (Fsp3) is 0.500. The third-order valence-corrected chi connectivity index (χ3v) is 2.89. The van der Waals surface area contributed by atoms with Gasteiger partial charge in [0.1, 0.15) is 0 Å². The summed E-state index contributed by atoms with van der Waals surface area (Å²) in [5, 5.41) is 5.78. The zero-order valence-electron chi connectivity index (χ0n) is 11.6. The van der Waals surface area contributed by atoms with Crippen LogP contribution in [0.15, 0.2) is 18.2 Å². The van der Waals surface area contributed by atoms with Crippen LogP contribution in [0.3, 0.4) is 0 Å². The van der Waals surface area contributed by atoms with E-state index < -0.39 is 0 Å². The first-order valence-electron chi connectivity index (χ1n) is 6.33. The molecule has 0 aliphatic rings. The molecule has 19 heavy (non-hydrogen) atoms. The van der Waals surface area contributed by atoms with Crippen LogP contribution in [0.4, 0.5) is 4.39 Å². The van der Waals surface area contributed by atoms with Gasteiger partial charge in [-0.2, -0.15) is 0 Å². The van der Waals surface area contributed by atoms with E-state index in [1.165, 1.54) is 13.2 Å². The molecule has 0 bridgehead atoms. The van der Waals surface area contributed by atoms with Crippen molar-refractivity contribution in [2.24, 2.45) is 5.92 Å². The van der Waals surface area contributed by atoms with E-state index in [1.807, 2.05) is 14.0 Å². The molecular formula is C14H21FN2O2. The van der Waals surface area contributed by atoms with Crippen LogP contribution in [0, 0.1) is 11.7 Å². The molecule has 0 aliphatic carbocycles. The quantitative estimate of drug-likeness (QED) is 0.785. The number of amides is 1. The van der Waals surface area contributed by atoms with E-state index in [-0.39, 0.29) is 23.4 Å². The average Bonchev–Trinajstić information content (AvgIpc) is 2.39. The first-order chi connectivity index (χ1) is 9.08. The Balaban J connectivity index is 2.41. The van der Waals surface area contributed by atoms with Crippen molar-refractivity contribution in [2.45, 2.75) is 13.3 Å². The summed E-state index contributed by atoms with van der Waals surface area (Å²) in [6.45, 7) is 3.00. The van der Waals surface area contributed by atoms with Gasteiger partial charge in [0.25, 0.3) is 0 Å². The second-order valence-corrected chi connectivity index (χ2v) is 4.47. The lowest BCUT2D eigenvalue weighted by Crippen LogP contribution is -2.35. The maximum Gasteiger partial charge on any atom is 0.224 e. The Morgan fingerprint density at radius 1 is 1.47 bits per heavy atom. The summed E-state index contributed by atoms with van der Waals surface area (Å²) < 4.78 is 18.3. The number of hydrogen-bond acceptors (Lipinski definition) is 3. The van der Waals surface area contributed by atoms with Gasteiger partial charge in [-0.15, -0.1) is 0 Å². The van der Waals surface area contributed by atoms with E-state index >= 15 is 0 Å². The SMILES string of the molecule is CNCC(C)C(=O)NCCc1ccc(OC)c(F)c1. The molecule has 1 aromatic rings. The molecule has 0 aromatic heterocycles. The number of halogens is 1. The molecule has 106 valence electrons. The monoisotopic (exact) mass is 268 g/mol. The Hall–Kier alpha value is -1.62. The number of nitrogens with one attached hydrogen (secondary N) is 2. The molecule has 1 rings (SSSR count). The van der Waals surface area contributed by atoms with Crippen molar-refractivity contribution in [1.82, 2.24) is 10.6 Å². The van der Waals surface area contributed by atoms with E-state index in [4.69, 9.17) is 4.74 Å². The maximum atomic E-state index is 13.4. The molecule has 1 aromatic carbocycles. The maximum absolute atomic E-state index is 13.4. The lowest BCUT2D eigenvalue weighted by atomic mass is 10.1. The number of ether oxygens (including phenoxy) is 1. The molecule has 0 heterocycles. The zero-order chi connectivity index (χ0) is 14.3. The van der Waals surface area contributed by atoms with Crippen LogP contribution in [-0.4, -0.2) is 33.2 Å². The number of methoxy groups -OCH3 is 1. The standard InChI is InChI=1S/C14H21FN2O2/c1-10(9-16-2)14(18)17-7-6-11-4-5-13(19-3)12(15)8-11/h4-5,8,10,16H,6-7,9H2,1-3H3,(H,17,18). The third kappa shape index (κ3) is 4.87. The van der Waals surface area contributed by atoms with Gasteiger partial charge < -0.3 is 15.4 Å².